The van der Waals surface area contributed by atoms with Crippen LogP contribution in [0, 0.1) is 17.8 Å². The molecule has 4 saturated carbocycles. The molecular weight excluding hydrogens is 434 g/mol. The summed E-state index contributed by atoms with van der Waals surface area (Å²) in [5, 5.41) is 3.53. The maximum atomic E-state index is 13.3. The number of methoxy groups -OCH3 is 1. The second-order valence-corrected chi connectivity index (χ2v) is 12.6. The highest BCUT2D eigenvalue weighted by Gasteiger charge is 2.52. The topological polar surface area (TPSA) is 61.9 Å². The summed E-state index contributed by atoms with van der Waals surface area (Å²) in [5.74, 6) is 4.29. The Kier molecular flexibility index (Phi) is 5.31. The van der Waals surface area contributed by atoms with Crippen molar-refractivity contribution in [2.45, 2.75) is 61.8 Å². The van der Waals surface area contributed by atoms with Crippen molar-refractivity contribution in [2.75, 3.05) is 32.5 Å². The molecule has 0 atom stereocenters. The Morgan fingerprint density at radius 2 is 1.58 bits per heavy atom. The van der Waals surface area contributed by atoms with Crippen LogP contribution in [0.1, 0.15) is 61.7 Å². The van der Waals surface area contributed by atoms with Gasteiger partial charge in [0.15, 0.2) is 0 Å². The van der Waals surface area contributed by atoms with Crippen LogP contribution in [0.2, 0.25) is 0 Å². The van der Waals surface area contributed by atoms with Gasteiger partial charge in [0, 0.05) is 36.5 Å². The van der Waals surface area contributed by atoms with Crippen LogP contribution in [0.25, 0.3) is 0 Å². The number of likely N-dealkylation sites (tertiary alicyclic amines) is 1. The smallest absolute Gasteiger partial charge is 0.317 e. The molecule has 4 bridgehead atoms. The zero-order chi connectivity index (χ0) is 22.6. The van der Waals surface area contributed by atoms with Crippen LogP contribution in [-0.2, 0) is 0 Å². The van der Waals surface area contributed by atoms with Crippen molar-refractivity contribution >= 4 is 23.7 Å². The highest BCUT2D eigenvalue weighted by Crippen LogP contribution is 2.55. The fraction of sp³-hybridized carbons (Fsp3) is 0.692. The zero-order valence-corrected chi connectivity index (χ0v) is 20.4. The molecule has 6 fully saturated rings. The first-order valence-electron chi connectivity index (χ1n) is 12.6. The molecule has 3 amide bonds. The Morgan fingerprint density at radius 3 is 2.15 bits per heavy atom. The van der Waals surface area contributed by atoms with Crippen molar-refractivity contribution in [1.29, 1.82) is 0 Å². The summed E-state index contributed by atoms with van der Waals surface area (Å²) in [6.45, 7) is 2.21. The molecule has 33 heavy (non-hydrogen) atoms. The van der Waals surface area contributed by atoms with E-state index in [0.717, 1.165) is 61.7 Å². The van der Waals surface area contributed by atoms with Crippen molar-refractivity contribution < 1.29 is 14.3 Å². The van der Waals surface area contributed by atoms with Gasteiger partial charge in [-0.3, -0.25) is 4.79 Å². The third-order valence-corrected chi connectivity index (χ3v) is 10.6. The molecule has 6 nitrogen and oxygen atoms in total. The van der Waals surface area contributed by atoms with Gasteiger partial charge in [-0.05, 0) is 93.4 Å². The lowest BCUT2D eigenvalue weighted by molar-refractivity contribution is -0.0164. The number of piperidine rings is 1. The minimum absolute atomic E-state index is 0.0550. The zero-order valence-electron chi connectivity index (χ0n) is 19.6. The lowest BCUT2D eigenvalue weighted by atomic mass is 9.53. The molecule has 1 aromatic rings. The number of carbonyl (C=O) groups is 2. The van der Waals surface area contributed by atoms with E-state index in [-0.39, 0.29) is 22.3 Å². The first-order valence-corrected chi connectivity index (χ1v) is 13.6. The molecule has 0 radical (unpaired) electrons. The highest BCUT2D eigenvalue weighted by atomic mass is 32.2. The fourth-order valence-electron chi connectivity index (χ4n) is 7.83. The van der Waals surface area contributed by atoms with Crippen molar-refractivity contribution in [1.82, 2.24) is 15.1 Å². The van der Waals surface area contributed by atoms with Crippen LogP contribution >= 0.6 is 11.8 Å². The normalized spacial score (nSPS) is 34.0. The largest absolute Gasteiger partial charge is 0.497 e. The van der Waals surface area contributed by atoms with E-state index in [2.05, 4.69) is 10.2 Å². The van der Waals surface area contributed by atoms with Gasteiger partial charge in [-0.15, -0.1) is 11.8 Å². The number of nitrogens with zero attached hydrogens (tertiary/aromatic N) is 2. The number of carbonyl (C=O) groups excluding carboxylic acids is 2. The number of nitrogens with one attached hydrogen (secondary N) is 1. The molecule has 2 saturated heterocycles. The second kappa shape index (κ2) is 8.10. The average Bonchev–Trinajstić information content (AvgIpc) is 3.20. The van der Waals surface area contributed by atoms with Crippen molar-refractivity contribution in [3.05, 3.63) is 29.8 Å². The summed E-state index contributed by atoms with van der Waals surface area (Å²) < 4.78 is 5.23. The minimum Gasteiger partial charge on any atom is -0.497 e. The molecule has 6 aliphatic rings. The molecule has 4 aliphatic carbocycles. The molecule has 2 heterocycles. The van der Waals surface area contributed by atoms with Gasteiger partial charge in [-0.2, -0.15) is 0 Å². The van der Waals surface area contributed by atoms with Gasteiger partial charge in [-0.1, -0.05) is 0 Å². The number of thioether (sulfide) groups is 1. The number of hydrogen-bond donors (Lipinski definition) is 1. The van der Waals surface area contributed by atoms with E-state index in [1.54, 1.807) is 7.11 Å². The molecule has 0 unspecified atom stereocenters. The third-order valence-electron chi connectivity index (χ3n) is 9.00. The van der Waals surface area contributed by atoms with Crippen LogP contribution in [0.15, 0.2) is 24.3 Å². The molecule has 1 spiro atoms. The molecular formula is C26H35N3O3S. The summed E-state index contributed by atoms with van der Waals surface area (Å²) in [6.07, 6.45) is 9.39. The van der Waals surface area contributed by atoms with E-state index in [1.807, 2.05) is 40.9 Å². The Balaban J connectivity index is 1.10. The third kappa shape index (κ3) is 3.80. The van der Waals surface area contributed by atoms with Crippen molar-refractivity contribution in [3.8, 4) is 5.75 Å². The summed E-state index contributed by atoms with van der Waals surface area (Å²) >= 11 is 1.90. The first-order chi connectivity index (χ1) is 16.0. The van der Waals surface area contributed by atoms with E-state index in [1.165, 1.54) is 38.5 Å². The van der Waals surface area contributed by atoms with Crippen LogP contribution in [0.3, 0.4) is 0 Å². The van der Waals surface area contributed by atoms with E-state index >= 15 is 0 Å². The molecule has 7 rings (SSSR count). The van der Waals surface area contributed by atoms with Gasteiger partial charge < -0.3 is 19.9 Å². The van der Waals surface area contributed by atoms with Crippen LogP contribution in [-0.4, -0.2) is 64.6 Å². The quantitative estimate of drug-likeness (QED) is 0.715. The average molecular weight is 470 g/mol. The Labute approximate surface area is 200 Å². The molecule has 178 valence electrons. The summed E-state index contributed by atoms with van der Waals surface area (Å²) in [5.41, 5.74) is 0.763. The number of hydrogen-bond acceptors (Lipinski definition) is 4. The van der Waals surface area contributed by atoms with Crippen molar-refractivity contribution in [3.63, 3.8) is 0 Å². The van der Waals surface area contributed by atoms with Gasteiger partial charge in [0.2, 0.25) is 0 Å². The van der Waals surface area contributed by atoms with E-state index in [9.17, 15) is 9.59 Å². The van der Waals surface area contributed by atoms with E-state index < -0.39 is 0 Å². The summed E-state index contributed by atoms with van der Waals surface area (Å²) in [4.78, 5) is 30.5. The molecule has 2 aliphatic heterocycles. The molecule has 0 aromatic heterocycles. The maximum absolute atomic E-state index is 13.3. The van der Waals surface area contributed by atoms with E-state index in [4.69, 9.17) is 4.74 Å². The van der Waals surface area contributed by atoms with Crippen LogP contribution in [0.5, 0.6) is 5.75 Å². The van der Waals surface area contributed by atoms with Gasteiger partial charge in [0.1, 0.15) is 5.75 Å². The monoisotopic (exact) mass is 469 g/mol. The minimum atomic E-state index is -0.186. The lowest BCUT2D eigenvalue weighted by Crippen LogP contribution is -2.63. The van der Waals surface area contributed by atoms with Gasteiger partial charge in [0.25, 0.3) is 5.91 Å². The second-order valence-electron chi connectivity index (χ2n) is 11.1. The molecule has 7 heteroatoms. The number of ether oxygens (including phenoxy) is 1. The predicted molar refractivity (Wildman–Crippen MR) is 129 cm³/mol. The number of benzene rings is 1. The fourth-order valence-corrected chi connectivity index (χ4v) is 9.28. The van der Waals surface area contributed by atoms with Crippen LogP contribution < -0.4 is 10.1 Å². The number of amides is 3. The lowest BCUT2D eigenvalue weighted by Gasteiger charge is -2.57. The van der Waals surface area contributed by atoms with Crippen molar-refractivity contribution in [2.24, 2.45) is 17.8 Å². The van der Waals surface area contributed by atoms with Gasteiger partial charge in [0.05, 0.1) is 12.0 Å². The van der Waals surface area contributed by atoms with Gasteiger partial charge >= 0.3 is 6.03 Å². The molecule has 1 aromatic carbocycles. The summed E-state index contributed by atoms with van der Waals surface area (Å²) in [7, 11) is 1.63. The highest BCUT2D eigenvalue weighted by molar-refractivity contribution is 8.00. The number of rotatable bonds is 3. The SMILES string of the molecule is COc1ccc(C(=O)N2CCSC23CCN(C(=O)NC24CC5CC(CC(C5)C2)C4)CC3)cc1. The van der Waals surface area contributed by atoms with Gasteiger partial charge in [-0.25, -0.2) is 4.79 Å². The van der Waals surface area contributed by atoms with E-state index in [0.29, 0.717) is 5.56 Å². The Morgan fingerprint density at radius 1 is 0.970 bits per heavy atom. The standard InChI is InChI=1S/C26H35N3O3S/c1-32-22-4-2-21(3-5-22)23(30)29-10-11-33-26(29)6-8-28(9-7-26)24(31)27-25-15-18-12-19(16-25)14-20(13-18)17-25/h2-5,18-20H,6-17H2,1H3,(H,27,31). The predicted octanol–water partition coefficient (Wildman–Crippen LogP) is 4.35. The summed E-state index contributed by atoms with van der Waals surface area (Å²) in [6, 6.07) is 7.53. The number of urea groups is 1. The molecule has 1 N–H and O–H groups in total. The maximum Gasteiger partial charge on any atom is 0.317 e. The Hall–Kier alpha value is -1.89. The Bertz CT molecular complexity index is 890. The van der Waals surface area contributed by atoms with Crippen LogP contribution in [0.4, 0.5) is 4.79 Å². The first kappa shape index (κ1) is 21.6.